The first-order valence-electron chi connectivity index (χ1n) is 5.28. The van der Waals surface area contributed by atoms with Crippen LogP contribution in [0.4, 0.5) is 5.95 Å². The zero-order chi connectivity index (χ0) is 13.3. The molecular formula is C12H12ClN3O2. The first-order valence-corrected chi connectivity index (χ1v) is 5.65. The lowest BCUT2D eigenvalue weighted by molar-refractivity contribution is 0.467. The van der Waals surface area contributed by atoms with Crippen LogP contribution < -0.4 is 16.0 Å². The van der Waals surface area contributed by atoms with Gasteiger partial charge in [0, 0.05) is 5.02 Å². The van der Waals surface area contributed by atoms with Crippen LogP contribution in [0.3, 0.4) is 0 Å². The van der Waals surface area contributed by atoms with Gasteiger partial charge in [-0.15, -0.1) is 0 Å². The third-order valence-electron chi connectivity index (χ3n) is 2.41. The first-order chi connectivity index (χ1) is 8.47. The molecule has 3 N–H and O–H groups in total. The van der Waals surface area contributed by atoms with Gasteiger partial charge in [0.25, 0.3) is 5.56 Å². The Bertz CT molecular complexity index is 652. The van der Waals surface area contributed by atoms with Crippen molar-refractivity contribution < 1.29 is 4.74 Å². The number of aromatic amines is 1. The highest BCUT2D eigenvalue weighted by Gasteiger charge is 2.10. The molecule has 0 aliphatic rings. The van der Waals surface area contributed by atoms with Gasteiger partial charge in [-0.05, 0) is 37.6 Å². The van der Waals surface area contributed by atoms with E-state index in [2.05, 4.69) is 9.97 Å². The second-order valence-electron chi connectivity index (χ2n) is 3.88. The largest absolute Gasteiger partial charge is 0.450 e. The summed E-state index contributed by atoms with van der Waals surface area (Å²) in [5, 5.41) is 0.642. The van der Waals surface area contributed by atoms with Gasteiger partial charge >= 0.3 is 0 Å². The number of aromatic nitrogens is 2. The van der Waals surface area contributed by atoms with Gasteiger partial charge in [-0.1, -0.05) is 11.6 Å². The molecule has 0 amide bonds. The number of halogens is 1. The normalized spacial score (nSPS) is 10.4. The Morgan fingerprint density at radius 1 is 1.39 bits per heavy atom. The third kappa shape index (κ3) is 2.46. The second kappa shape index (κ2) is 4.70. The van der Waals surface area contributed by atoms with Crippen LogP contribution in [0.15, 0.2) is 23.0 Å². The minimum atomic E-state index is -0.410. The van der Waals surface area contributed by atoms with Crippen molar-refractivity contribution in [1.82, 2.24) is 9.97 Å². The van der Waals surface area contributed by atoms with Gasteiger partial charge < -0.3 is 10.5 Å². The summed E-state index contributed by atoms with van der Waals surface area (Å²) in [6.07, 6.45) is 0. The predicted molar refractivity (Wildman–Crippen MR) is 70.3 cm³/mol. The summed E-state index contributed by atoms with van der Waals surface area (Å²) in [4.78, 5) is 18.0. The van der Waals surface area contributed by atoms with Crippen LogP contribution in [0.5, 0.6) is 11.5 Å². The van der Waals surface area contributed by atoms with E-state index in [-0.39, 0.29) is 11.7 Å². The third-order valence-corrected chi connectivity index (χ3v) is 2.84. The molecule has 1 heterocycles. The summed E-state index contributed by atoms with van der Waals surface area (Å²) in [5.74, 6) is 0.722. The van der Waals surface area contributed by atoms with E-state index < -0.39 is 5.56 Å². The Kier molecular flexibility index (Phi) is 3.25. The molecule has 1 aromatic heterocycles. The SMILES string of the molecule is Cc1cc(Oc2c(C)nc(N)[nH]c2=O)ccc1Cl. The standard InChI is InChI=1S/C12H12ClN3O2/c1-6-5-8(3-4-9(6)13)18-10-7(2)15-12(14)16-11(10)17/h3-5H,1-2H3,(H3,14,15,16,17). The lowest BCUT2D eigenvalue weighted by Crippen LogP contribution is -2.14. The van der Waals surface area contributed by atoms with Gasteiger partial charge in [-0.3, -0.25) is 9.78 Å². The number of nitrogens with two attached hydrogens (primary N) is 1. The number of H-pyrrole nitrogens is 1. The predicted octanol–water partition coefficient (Wildman–Crippen LogP) is 2.41. The van der Waals surface area contributed by atoms with Crippen molar-refractivity contribution in [2.45, 2.75) is 13.8 Å². The average Bonchev–Trinajstić information content (AvgIpc) is 2.28. The van der Waals surface area contributed by atoms with Gasteiger partial charge in [0.2, 0.25) is 11.7 Å². The smallest absolute Gasteiger partial charge is 0.295 e. The van der Waals surface area contributed by atoms with Crippen molar-refractivity contribution >= 4 is 17.5 Å². The molecule has 0 saturated carbocycles. The summed E-state index contributed by atoms with van der Waals surface area (Å²) in [6, 6.07) is 5.14. The number of hydrogen-bond acceptors (Lipinski definition) is 4. The molecule has 2 rings (SSSR count). The molecule has 0 bridgehead atoms. The first kappa shape index (κ1) is 12.4. The summed E-state index contributed by atoms with van der Waals surface area (Å²) in [7, 11) is 0. The van der Waals surface area contributed by atoms with Gasteiger partial charge in [0.1, 0.15) is 5.75 Å². The molecule has 0 unspecified atom stereocenters. The second-order valence-corrected chi connectivity index (χ2v) is 4.29. The fourth-order valence-electron chi connectivity index (χ4n) is 1.52. The van der Waals surface area contributed by atoms with Crippen LogP contribution in [0, 0.1) is 13.8 Å². The number of rotatable bonds is 2. The fraction of sp³-hybridized carbons (Fsp3) is 0.167. The van der Waals surface area contributed by atoms with Gasteiger partial charge in [0.15, 0.2) is 0 Å². The minimum absolute atomic E-state index is 0.0668. The molecule has 6 heteroatoms. The van der Waals surface area contributed by atoms with E-state index in [0.717, 1.165) is 5.56 Å². The minimum Gasteiger partial charge on any atom is -0.450 e. The summed E-state index contributed by atoms with van der Waals surface area (Å²) in [6.45, 7) is 3.51. The van der Waals surface area contributed by atoms with E-state index in [1.807, 2.05) is 6.92 Å². The number of hydrogen-bond donors (Lipinski definition) is 2. The zero-order valence-corrected chi connectivity index (χ0v) is 10.7. The van der Waals surface area contributed by atoms with E-state index >= 15 is 0 Å². The molecule has 0 atom stereocenters. The molecule has 0 saturated heterocycles. The number of nitrogen functional groups attached to an aromatic ring is 1. The number of aryl methyl sites for hydroxylation is 2. The van der Waals surface area contributed by atoms with E-state index in [1.165, 1.54) is 0 Å². The highest BCUT2D eigenvalue weighted by Crippen LogP contribution is 2.25. The highest BCUT2D eigenvalue weighted by molar-refractivity contribution is 6.31. The molecule has 5 nitrogen and oxygen atoms in total. The summed E-state index contributed by atoms with van der Waals surface area (Å²) in [5.41, 5.74) is 6.32. The molecular weight excluding hydrogens is 254 g/mol. The van der Waals surface area contributed by atoms with Crippen molar-refractivity contribution in [1.29, 1.82) is 0 Å². The van der Waals surface area contributed by atoms with Crippen LogP contribution in [-0.2, 0) is 0 Å². The van der Waals surface area contributed by atoms with Crippen molar-refractivity contribution in [3.05, 3.63) is 44.8 Å². The molecule has 94 valence electrons. The number of nitrogens with zero attached hydrogens (tertiary/aromatic N) is 1. The van der Waals surface area contributed by atoms with E-state index in [9.17, 15) is 4.79 Å². The molecule has 0 spiro atoms. The quantitative estimate of drug-likeness (QED) is 0.874. The zero-order valence-electron chi connectivity index (χ0n) is 9.95. The topological polar surface area (TPSA) is 81.0 Å². The Hall–Kier alpha value is -2.01. The maximum absolute atomic E-state index is 11.7. The molecule has 2 aromatic rings. The highest BCUT2D eigenvalue weighted by atomic mass is 35.5. The van der Waals surface area contributed by atoms with Gasteiger partial charge in [0.05, 0.1) is 5.69 Å². The van der Waals surface area contributed by atoms with Crippen molar-refractivity contribution in [3.8, 4) is 11.5 Å². The van der Waals surface area contributed by atoms with Crippen LogP contribution in [0.25, 0.3) is 0 Å². The lowest BCUT2D eigenvalue weighted by Gasteiger charge is -2.08. The van der Waals surface area contributed by atoms with Crippen LogP contribution >= 0.6 is 11.6 Å². The summed E-state index contributed by atoms with van der Waals surface area (Å²) < 4.78 is 5.51. The number of anilines is 1. The fourth-order valence-corrected chi connectivity index (χ4v) is 1.63. The Morgan fingerprint density at radius 2 is 2.11 bits per heavy atom. The Labute approximate surface area is 109 Å². The number of benzene rings is 1. The van der Waals surface area contributed by atoms with Crippen molar-refractivity contribution in [2.24, 2.45) is 0 Å². The molecule has 1 aromatic carbocycles. The maximum Gasteiger partial charge on any atom is 0.295 e. The van der Waals surface area contributed by atoms with Gasteiger partial charge in [-0.25, -0.2) is 4.98 Å². The van der Waals surface area contributed by atoms with Crippen LogP contribution in [-0.4, -0.2) is 9.97 Å². The molecule has 0 radical (unpaired) electrons. The van der Waals surface area contributed by atoms with Crippen LogP contribution in [0.2, 0.25) is 5.02 Å². The van der Waals surface area contributed by atoms with Gasteiger partial charge in [-0.2, -0.15) is 0 Å². The number of nitrogens with one attached hydrogen (secondary N) is 1. The summed E-state index contributed by atoms with van der Waals surface area (Å²) >= 11 is 5.91. The van der Waals surface area contributed by atoms with Crippen molar-refractivity contribution in [2.75, 3.05) is 5.73 Å². The Morgan fingerprint density at radius 3 is 2.72 bits per heavy atom. The van der Waals surface area contributed by atoms with Crippen molar-refractivity contribution in [3.63, 3.8) is 0 Å². The lowest BCUT2D eigenvalue weighted by atomic mass is 10.2. The molecule has 0 aliphatic carbocycles. The maximum atomic E-state index is 11.7. The van der Waals surface area contributed by atoms with E-state index in [1.54, 1.807) is 25.1 Å². The molecule has 18 heavy (non-hydrogen) atoms. The number of ether oxygens (including phenoxy) is 1. The monoisotopic (exact) mass is 265 g/mol. The molecule has 0 fully saturated rings. The molecule has 0 aliphatic heterocycles. The average molecular weight is 266 g/mol. The van der Waals surface area contributed by atoms with E-state index in [0.29, 0.717) is 16.5 Å². The van der Waals surface area contributed by atoms with E-state index in [4.69, 9.17) is 22.1 Å². The van der Waals surface area contributed by atoms with Crippen LogP contribution in [0.1, 0.15) is 11.3 Å². The Balaban J connectivity index is 2.40.